The van der Waals surface area contributed by atoms with Crippen LogP contribution in [0, 0.1) is 13.8 Å². The van der Waals surface area contributed by atoms with Gasteiger partial charge in [0.2, 0.25) is 0 Å². The zero-order valence-corrected chi connectivity index (χ0v) is 18.1. The molecule has 2 aromatic rings. The van der Waals surface area contributed by atoms with Crippen LogP contribution in [0.4, 0.5) is 5.69 Å². The molecule has 7 heteroatoms. The van der Waals surface area contributed by atoms with Gasteiger partial charge in [-0.15, -0.1) is 0 Å². The minimum atomic E-state index is -1.82. The Bertz CT molecular complexity index is 976. The Hall–Kier alpha value is -2.08. The molecule has 0 saturated heterocycles. The largest absolute Gasteiger partial charge is 0.492 e. The molecule has 2 aromatic carbocycles. The van der Waals surface area contributed by atoms with Crippen molar-refractivity contribution in [1.29, 1.82) is 0 Å². The third-order valence-corrected chi connectivity index (χ3v) is 5.58. The number of amides is 1. The molecule has 1 N–H and O–H groups in total. The predicted molar refractivity (Wildman–Crippen MR) is 114 cm³/mol. The van der Waals surface area contributed by atoms with Gasteiger partial charge in [0.1, 0.15) is 11.5 Å². The summed E-state index contributed by atoms with van der Waals surface area (Å²) in [5, 5.41) is 12.1. The highest BCUT2D eigenvalue weighted by Gasteiger charge is 2.51. The Morgan fingerprint density at radius 2 is 1.86 bits per heavy atom. The molecule has 29 heavy (non-hydrogen) atoms. The second-order valence-electron chi connectivity index (χ2n) is 7.40. The molecule has 3 rings (SSSR count). The van der Waals surface area contributed by atoms with Crippen LogP contribution in [0.3, 0.4) is 0 Å². The number of aryl methyl sites for hydroxylation is 2. The van der Waals surface area contributed by atoms with Gasteiger partial charge in [0.25, 0.3) is 5.91 Å². The van der Waals surface area contributed by atoms with Crippen LogP contribution in [-0.2, 0) is 15.2 Å². The first-order valence-corrected chi connectivity index (χ1v) is 10.1. The Morgan fingerprint density at radius 1 is 1.17 bits per heavy atom. The fourth-order valence-electron chi connectivity index (χ4n) is 3.83. The molecule has 5 nitrogen and oxygen atoms in total. The van der Waals surface area contributed by atoms with Crippen LogP contribution in [0.5, 0.6) is 5.75 Å². The standard InChI is InChI=1S/C22H23Cl2NO4/c1-13-5-6-14(2)20-19(13)22(28,12-15(3)26)21(27)25(20)9-4-10-29-18-8-7-16(23)11-17(18)24/h5-8,11,28H,4,9-10,12H2,1-3H3. The molecule has 1 heterocycles. The fourth-order valence-corrected chi connectivity index (χ4v) is 4.30. The van der Waals surface area contributed by atoms with E-state index in [0.29, 0.717) is 46.6 Å². The number of carbonyl (C=O) groups is 2. The topological polar surface area (TPSA) is 66.8 Å². The molecule has 0 saturated carbocycles. The van der Waals surface area contributed by atoms with E-state index < -0.39 is 11.5 Å². The molecule has 0 bridgehead atoms. The van der Waals surface area contributed by atoms with Gasteiger partial charge in [0, 0.05) is 23.6 Å². The van der Waals surface area contributed by atoms with Crippen LogP contribution in [-0.4, -0.2) is 29.9 Å². The number of hydrogen-bond donors (Lipinski definition) is 1. The Morgan fingerprint density at radius 3 is 2.52 bits per heavy atom. The van der Waals surface area contributed by atoms with Crippen LogP contribution >= 0.6 is 23.2 Å². The molecular weight excluding hydrogens is 413 g/mol. The summed E-state index contributed by atoms with van der Waals surface area (Å²) in [6, 6.07) is 8.77. The van der Waals surface area contributed by atoms with Crippen LogP contribution in [0.25, 0.3) is 0 Å². The lowest BCUT2D eigenvalue weighted by atomic mass is 9.86. The monoisotopic (exact) mass is 435 g/mol. The van der Waals surface area contributed by atoms with Crippen molar-refractivity contribution < 1.29 is 19.4 Å². The van der Waals surface area contributed by atoms with E-state index in [4.69, 9.17) is 27.9 Å². The number of rotatable bonds is 7. The van der Waals surface area contributed by atoms with Crippen molar-refractivity contribution in [2.75, 3.05) is 18.1 Å². The minimum absolute atomic E-state index is 0.240. The number of fused-ring (bicyclic) bond motifs is 1. The van der Waals surface area contributed by atoms with Crippen LogP contribution < -0.4 is 9.64 Å². The molecule has 0 spiro atoms. The van der Waals surface area contributed by atoms with Crippen molar-refractivity contribution in [1.82, 2.24) is 0 Å². The lowest BCUT2D eigenvalue weighted by Gasteiger charge is -2.22. The maximum absolute atomic E-state index is 13.1. The number of hydrogen-bond acceptors (Lipinski definition) is 4. The zero-order valence-electron chi connectivity index (χ0n) is 16.6. The zero-order chi connectivity index (χ0) is 21.3. The molecule has 1 atom stereocenters. The van der Waals surface area contributed by atoms with Crippen molar-refractivity contribution in [3.63, 3.8) is 0 Å². The first-order valence-electron chi connectivity index (χ1n) is 9.37. The average molecular weight is 436 g/mol. The Labute approximate surface area is 180 Å². The first-order chi connectivity index (χ1) is 13.6. The number of aliphatic hydroxyl groups is 1. The average Bonchev–Trinajstić information content (AvgIpc) is 2.85. The Kier molecular flexibility index (Phi) is 6.22. The summed E-state index contributed by atoms with van der Waals surface area (Å²) >= 11 is 12.0. The number of carbonyl (C=O) groups excluding carboxylic acids is 2. The lowest BCUT2D eigenvalue weighted by molar-refractivity contribution is -0.141. The van der Waals surface area contributed by atoms with Gasteiger partial charge in [-0.2, -0.15) is 0 Å². The maximum Gasteiger partial charge on any atom is 0.264 e. The number of benzene rings is 2. The summed E-state index contributed by atoms with van der Waals surface area (Å²) in [5.41, 5.74) is 1.05. The van der Waals surface area contributed by atoms with Crippen molar-refractivity contribution in [2.45, 2.75) is 39.2 Å². The van der Waals surface area contributed by atoms with Crippen molar-refractivity contribution in [3.8, 4) is 5.75 Å². The highest BCUT2D eigenvalue weighted by atomic mass is 35.5. The summed E-state index contributed by atoms with van der Waals surface area (Å²) in [6.45, 7) is 5.79. The molecule has 0 aliphatic carbocycles. The van der Waals surface area contributed by atoms with Gasteiger partial charge in [0.05, 0.1) is 17.3 Å². The number of nitrogens with zero attached hydrogens (tertiary/aromatic N) is 1. The molecule has 1 aliphatic rings. The van der Waals surface area contributed by atoms with E-state index in [-0.39, 0.29) is 12.2 Å². The highest BCUT2D eigenvalue weighted by molar-refractivity contribution is 6.35. The van der Waals surface area contributed by atoms with Crippen molar-refractivity contribution in [3.05, 3.63) is 57.1 Å². The molecule has 0 radical (unpaired) electrons. The highest BCUT2D eigenvalue weighted by Crippen LogP contribution is 2.46. The van der Waals surface area contributed by atoms with Crippen molar-refractivity contribution in [2.24, 2.45) is 0 Å². The van der Waals surface area contributed by atoms with Crippen LogP contribution in [0.15, 0.2) is 30.3 Å². The fraction of sp³-hybridized carbons (Fsp3) is 0.364. The summed E-state index contributed by atoms with van der Waals surface area (Å²) in [6.07, 6.45) is 0.282. The van der Waals surface area contributed by atoms with E-state index in [1.165, 1.54) is 6.92 Å². The maximum atomic E-state index is 13.1. The second-order valence-corrected chi connectivity index (χ2v) is 8.24. The van der Waals surface area contributed by atoms with Gasteiger partial charge < -0.3 is 14.7 Å². The van der Waals surface area contributed by atoms with Gasteiger partial charge >= 0.3 is 0 Å². The number of Topliss-reactive ketones (excluding diaryl/α,β-unsaturated/α-hetero) is 1. The smallest absolute Gasteiger partial charge is 0.264 e. The summed E-state index contributed by atoms with van der Waals surface area (Å²) in [4.78, 5) is 26.5. The summed E-state index contributed by atoms with van der Waals surface area (Å²) in [7, 11) is 0. The van der Waals surface area contributed by atoms with Gasteiger partial charge in [-0.25, -0.2) is 0 Å². The molecule has 1 amide bonds. The SMILES string of the molecule is CC(=O)CC1(O)C(=O)N(CCCOc2ccc(Cl)cc2Cl)c2c(C)ccc(C)c21. The quantitative estimate of drug-likeness (QED) is 0.645. The predicted octanol–water partition coefficient (Wildman–Crippen LogP) is 4.59. The van der Waals surface area contributed by atoms with Gasteiger partial charge in [0.15, 0.2) is 5.60 Å². The summed E-state index contributed by atoms with van der Waals surface area (Å²) < 4.78 is 5.70. The molecular formula is C22H23Cl2NO4. The van der Waals surface area contributed by atoms with E-state index in [1.54, 1.807) is 23.1 Å². The molecule has 154 valence electrons. The summed E-state index contributed by atoms with van der Waals surface area (Å²) in [5.74, 6) is -0.191. The van der Waals surface area contributed by atoms with E-state index >= 15 is 0 Å². The number of ether oxygens (including phenoxy) is 1. The minimum Gasteiger partial charge on any atom is -0.492 e. The third-order valence-electron chi connectivity index (χ3n) is 5.05. The number of halogens is 2. The third kappa shape index (κ3) is 4.13. The van der Waals surface area contributed by atoms with Crippen LogP contribution in [0.1, 0.15) is 36.5 Å². The normalized spacial score (nSPS) is 18.1. The molecule has 0 aromatic heterocycles. The molecule has 1 unspecified atom stereocenters. The first kappa shape index (κ1) is 21.6. The van der Waals surface area contributed by atoms with E-state index in [9.17, 15) is 14.7 Å². The van der Waals surface area contributed by atoms with Gasteiger partial charge in [-0.1, -0.05) is 35.3 Å². The Balaban J connectivity index is 1.79. The lowest BCUT2D eigenvalue weighted by Crippen LogP contribution is -2.42. The van der Waals surface area contributed by atoms with E-state index in [1.807, 2.05) is 26.0 Å². The molecule has 1 aliphatic heterocycles. The van der Waals surface area contributed by atoms with Crippen LogP contribution in [0.2, 0.25) is 10.0 Å². The van der Waals surface area contributed by atoms with Gasteiger partial charge in [-0.05, 0) is 56.5 Å². The molecule has 0 fully saturated rings. The van der Waals surface area contributed by atoms with Gasteiger partial charge in [-0.3, -0.25) is 9.59 Å². The number of anilines is 1. The number of ketones is 1. The van der Waals surface area contributed by atoms with E-state index in [2.05, 4.69) is 0 Å². The second kappa shape index (κ2) is 8.34. The van der Waals surface area contributed by atoms with E-state index in [0.717, 1.165) is 11.1 Å². The van der Waals surface area contributed by atoms with Crippen molar-refractivity contribution >= 4 is 40.6 Å².